The van der Waals surface area contributed by atoms with Gasteiger partial charge in [0.05, 0.1) is 22.0 Å². The van der Waals surface area contributed by atoms with Crippen LogP contribution in [0.4, 0.5) is 0 Å². The average molecular weight is 458 g/mol. The number of hydrogen-bond acceptors (Lipinski definition) is 5. The van der Waals surface area contributed by atoms with E-state index in [9.17, 15) is 19.8 Å². The number of aliphatic carboxylic acids is 1. The van der Waals surface area contributed by atoms with Crippen LogP contribution < -0.4 is 4.57 Å². The van der Waals surface area contributed by atoms with Crippen LogP contribution in [0.3, 0.4) is 0 Å². The van der Waals surface area contributed by atoms with Gasteiger partial charge in [-0.2, -0.15) is 4.57 Å². The number of rotatable bonds is 6. The highest BCUT2D eigenvalue weighted by Gasteiger charge is 2.62. The number of carbonyl (C=O) groups excluding carboxylic acids is 1. The van der Waals surface area contributed by atoms with Crippen molar-refractivity contribution >= 4 is 35.4 Å². The summed E-state index contributed by atoms with van der Waals surface area (Å²) in [6, 6.07) is 11.7. The second-order valence-electron chi connectivity index (χ2n) is 8.41. The molecule has 5 rings (SSSR count). The van der Waals surface area contributed by atoms with Crippen LogP contribution in [-0.4, -0.2) is 49.1 Å². The largest absolute Gasteiger partial charge is 0.480 e. The second-order valence-corrected chi connectivity index (χ2v) is 11.2. The second kappa shape index (κ2) is 8.15. The molecule has 6 nitrogen and oxygen atoms in total. The number of carboxylic acids is 1. The maximum absolute atomic E-state index is 12.4. The van der Waals surface area contributed by atoms with E-state index in [0.29, 0.717) is 0 Å². The third-order valence-electron chi connectivity index (χ3n) is 6.39. The lowest BCUT2D eigenvalue weighted by molar-refractivity contribution is -0.695. The molecule has 1 aromatic carbocycles. The molecule has 2 saturated heterocycles. The van der Waals surface area contributed by atoms with Gasteiger partial charge < -0.3 is 15.1 Å². The van der Waals surface area contributed by atoms with E-state index in [-0.39, 0.29) is 15.9 Å². The summed E-state index contributed by atoms with van der Waals surface area (Å²) in [7, 11) is 0. The molecule has 2 aromatic rings. The Morgan fingerprint density at radius 3 is 2.77 bits per heavy atom. The van der Waals surface area contributed by atoms with E-state index in [4.69, 9.17) is 0 Å². The molecule has 0 spiro atoms. The number of aliphatic hydroxyl groups excluding tert-OH is 1. The Kier molecular flexibility index (Phi) is 5.48. The predicted molar refractivity (Wildman–Crippen MR) is 119 cm³/mol. The van der Waals surface area contributed by atoms with E-state index >= 15 is 0 Å². The average Bonchev–Trinajstić information content (AvgIpc) is 3.33. The first-order valence-electron chi connectivity index (χ1n) is 10.6. The number of thioether (sulfide) groups is 2. The molecule has 0 radical (unpaired) electrons. The fourth-order valence-electron chi connectivity index (χ4n) is 4.84. The minimum atomic E-state index is -0.990. The normalized spacial score (nSPS) is 27.5. The summed E-state index contributed by atoms with van der Waals surface area (Å²) in [5.41, 5.74) is 4.08. The van der Waals surface area contributed by atoms with Crippen molar-refractivity contribution < 1.29 is 24.4 Å². The van der Waals surface area contributed by atoms with E-state index in [1.54, 1.807) is 6.92 Å². The van der Waals surface area contributed by atoms with Crippen molar-refractivity contribution in [1.29, 1.82) is 0 Å². The Bertz CT molecular complexity index is 1030. The summed E-state index contributed by atoms with van der Waals surface area (Å²) in [6.45, 7) is 2.42. The minimum absolute atomic E-state index is 0.259. The summed E-state index contributed by atoms with van der Waals surface area (Å²) < 4.78 is 2.03. The van der Waals surface area contributed by atoms with Gasteiger partial charge in [-0.25, -0.2) is 4.79 Å². The SMILES string of the molecule is C[C@@H](O)[C@H]1C(=O)N2C(C(=O)O)C(Sc3ccc(C[n+]4cccc5c4CCC5)cc3)S[C@H]12. The zero-order valence-corrected chi connectivity index (χ0v) is 18.8. The molecule has 2 fully saturated rings. The van der Waals surface area contributed by atoms with Crippen LogP contribution in [0.1, 0.15) is 30.2 Å². The molecular formula is C23H25N2O4S2+. The first-order valence-corrected chi connectivity index (χ1v) is 12.4. The third-order valence-corrected chi connectivity index (χ3v) is 9.38. The van der Waals surface area contributed by atoms with Crippen molar-refractivity contribution in [3.63, 3.8) is 0 Å². The maximum Gasteiger partial charge on any atom is 0.328 e. The van der Waals surface area contributed by atoms with Crippen molar-refractivity contribution in [2.24, 2.45) is 5.92 Å². The molecule has 8 heteroatoms. The van der Waals surface area contributed by atoms with Crippen LogP contribution in [0, 0.1) is 5.92 Å². The topological polar surface area (TPSA) is 81.7 Å². The Morgan fingerprint density at radius 2 is 2.06 bits per heavy atom. The number of aryl methyl sites for hydroxylation is 1. The zero-order valence-electron chi connectivity index (χ0n) is 17.2. The van der Waals surface area contributed by atoms with Gasteiger partial charge in [0.25, 0.3) is 0 Å². The minimum Gasteiger partial charge on any atom is -0.480 e. The van der Waals surface area contributed by atoms with Gasteiger partial charge in [0, 0.05) is 28.5 Å². The van der Waals surface area contributed by atoms with Crippen LogP contribution in [0.25, 0.3) is 0 Å². The number of aliphatic hydroxyl groups is 1. The first kappa shape index (κ1) is 20.8. The molecule has 5 atom stereocenters. The van der Waals surface area contributed by atoms with Gasteiger partial charge in [0.1, 0.15) is 0 Å². The van der Waals surface area contributed by atoms with Gasteiger partial charge in [-0.1, -0.05) is 12.1 Å². The van der Waals surface area contributed by atoms with E-state index in [0.717, 1.165) is 24.3 Å². The number of hydrogen-bond donors (Lipinski definition) is 2. The van der Waals surface area contributed by atoms with Crippen molar-refractivity contribution in [1.82, 2.24) is 4.90 Å². The fourth-order valence-corrected chi connectivity index (χ4v) is 8.22. The molecular weight excluding hydrogens is 432 g/mol. The molecule has 1 aromatic heterocycles. The van der Waals surface area contributed by atoms with Crippen molar-refractivity contribution in [2.75, 3.05) is 0 Å². The number of β-lactam (4-membered cyclic amide) rings is 1. The monoisotopic (exact) mass is 457 g/mol. The smallest absolute Gasteiger partial charge is 0.328 e. The molecule has 2 unspecified atom stereocenters. The van der Waals surface area contributed by atoms with Gasteiger partial charge in [-0.05, 0) is 38.0 Å². The molecule has 1 amide bonds. The highest BCUT2D eigenvalue weighted by Crippen LogP contribution is 2.53. The molecule has 3 aliphatic rings. The number of nitrogens with zero attached hydrogens (tertiary/aromatic N) is 2. The lowest BCUT2D eigenvalue weighted by Crippen LogP contribution is -2.64. The Hall–Kier alpha value is -2.03. The number of carboxylic acid groups (broad SMARTS) is 1. The number of carbonyl (C=O) groups is 2. The van der Waals surface area contributed by atoms with Gasteiger partial charge in [-0.15, -0.1) is 23.5 Å². The molecule has 162 valence electrons. The molecule has 0 saturated carbocycles. The Morgan fingerprint density at radius 1 is 1.29 bits per heavy atom. The molecule has 0 bridgehead atoms. The lowest BCUT2D eigenvalue weighted by Gasteiger charge is -2.44. The number of fused-ring (bicyclic) bond motifs is 2. The van der Waals surface area contributed by atoms with Gasteiger partial charge in [0.15, 0.2) is 24.5 Å². The molecule has 31 heavy (non-hydrogen) atoms. The van der Waals surface area contributed by atoms with Crippen LogP contribution in [0.2, 0.25) is 0 Å². The molecule has 1 aliphatic carbocycles. The molecule has 2 N–H and O–H groups in total. The number of amides is 1. The van der Waals surface area contributed by atoms with Gasteiger partial charge >= 0.3 is 5.97 Å². The van der Waals surface area contributed by atoms with Crippen LogP contribution in [-0.2, 0) is 29.0 Å². The fraction of sp³-hybridized carbons (Fsp3) is 0.435. The van der Waals surface area contributed by atoms with Crippen LogP contribution in [0.5, 0.6) is 0 Å². The highest BCUT2D eigenvalue weighted by molar-refractivity contribution is 8.17. The lowest BCUT2D eigenvalue weighted by atomic mass is 9.91. The maximum atomic E-state index is 12.4. The van der Waals surface area contributed by atoms with Gasteiger partial charge in [0.2, 0.25) is 5.91 Å². The quantitative estimate of drug-likeness (QED) is 0.512. The summed E-state index contributed by atoms with van der Waals surface area (Å²) >= 11 is 2.96. The third kappa shape index (κ3) is 3.64. The molecule has 3 heterocycles. The zero-order chi connectivity index (χ0) is 21.7. The Balaban J connectivity index is 1.29. The number of benzene rings is 1. The summed E-state index contributed by atoms with van der Waals surface area (Å²) in [5.74, 6) is -1.76. The summed E-state index contributed by atoms with van der Waals surface area (Å²) in [5, 5.41) is 19.3. The highest BCUT2D eigenvalue weighted by atomic mass is 32.2. The predicted octanol–water partition coefficient (Wildman–Crippen LogP) is 2.29. The van der Waals surface area contributed by atoms with Crippen LogP contribution >= 0.6 is 23.5 Å². The van der Waals surface area contributed by atoms with Crippen molar-refractivity contribution in [3.8, 4) is 0 Å². The van der Waals surface area contributed by atoms with E-state index in [2.05, 4.69) is 35.0 Å². The molecule has 2 aliphatic heterocycles. The van der Waals surface area contributed by atoms with Crippen molar-refractivity contribution in [3.05, 3.63) is 59.4 Å². The first-order chi connectivity index (χ1) is 14.9. The van der Waals surface area contributed by atoms with E-state index < -0.39 is 24.0 Å². The standard InChI is InChI=1S/C23H24N2O4S2/c1-13(26)18-20(27)25-19(22(28)29)23(31-21(18)25)30-16-9-7-14(8-10-16)12-24-11-3-5-15-4-2-6-17(15)24/h3,5,7-11,13,18-19,21,23,26H,2,4,6,12H2,1H3/p+1/t13-,18+,19?,21-,23?/m1/s1. The Labute approximate surface area is 189 Å². The van der Waals surface area contributed by atoms with Crippen molar-refractivity contribution in [2.45, 2.75) is 59.7 Å². The number of aromatic nitrogens is 1. The number of pyridine rings is 1. The van der Waals surface area contributed by atoms with Gasteiger partial charge in [-0.3, -0.25) is 4.79 Å². The van der Waals surface area contributed by atoms with E-state index in [1.807, 2.05) is 12.1 Å². The summed E-state index contributed by atoms with van der Waals surface area (Å²) in [4.78, 5) is 26.7. The van der Waals surface area contributed by atoms with E-state index in [1.165, 1.54) is 51.7 Å². The summed E-state index contributed by atoms with van der Waals surface area (Å²) in [6.07, 6.45) is 4.87. The van der Waals surface area contributed by atoms with Crippen LogP contribution in [0.15, 0.2) is 47.5 Å².